The highest BCUT2D eigenvalue weighted by Crippen LogP contribution is 2.24. The minimum atomic E-state index is -3.98. The Morgan fingerprint density at radius 1 is 0.906 bits per heavy atom. The molecule has 32 heavy (non-hydrogen) atoms. The van der Waals surface area contributed by atoms with Crippen LogP contribution in [0.4, 0.5) is 5.69 Å². The van der Waals surface area contributed by atoms with Gasteiger partial charge in [0, 0.05) is 10.5 Å². The fraction of sp³-hybridized carbons (Fsp3) is 0.0909. The molecule has 0 bridgehead atoms. The molecule has 3 aromatic carbocycles. The number of benzene rings is 3. The van der Waals surface area contributed by atoms with Gasteiger partial charge in [0.2, 0.25) is 0 Å². The van der Waals surface area contributed by atoms with E-state index in [0.717, 1.165) is 4.90 Å². The Kier molecular flexibility index (Phi) is 7.79. The molecule has 0 aromatic heterocycles. The van der Waals surface area contributed by atoms with Crippen LogP contribution in [0.15, 0.2) is 88.7 Å². The topological polar surface area (TPSA) is 104 Å². The van der Waals surface area contributed by atoms with Gasteiger partial charge in [-0.3, -0.25) is 25.2 Å². The summed E-state index contributed by atoms with van der Waals surface area (Å²) in [7, 11) is -3.98. The Balaban J connectivity index is 1.63. The van der Waals surface area contributed by atoms with Gasteiger partial charge in [0.1, 0.15) is 0 Å². The summed E-state index contributed by atoms with van der Waals surface area (Å²) >= 11 is 7.36. The zero-order chi connectivity index (χ0) is 23.1. The molecule has 0 saturated heterocycles. The first-order chi connectivity index (χ1) is 15.3. The molecule has 1 atom stereocenters. The number of hydrogen-bond acceptors (Lipinski definition) is 5. The number of anilines is 1. The van der Waals surface area contributed by atoms with Gasteiger partial charge in [-0.1, -0.05) is 48.0 Å². The Hall–Kier alpha value is -3.01. The third kappa shape index (κ3) is 6.25. The molecule has 7 nitrogen and oxygen atoms in total. The van der Waals surface area contributed by atoms with Gasteiger partial charge in [-0.05, 0) is 49.4 Å². The lowest BCUT2D eigenvalue weighted by atomic mass is 10.2. The average molecular weight is 490 g/mol. The lowest BCUT2D eigenvalue weighted by Gasteiger charge is -2.13. The van der Waals surface area contributed by atoms with Crippen LogP contribution in [-0.2, 0) is 14.8 Å². The number of nitrogens with one attached hydrogen (secondary N) is 3. The number of hydrazine groups is 1. The van der Waals surface area contributed by atoms with Crippen molar-refractivity contribution < 1.29 is 18.0 Å². The van der Waals surface area contributed by atoms with Crippen molar-refractivity contribution in [1.82, 2.24) is 10.9 Å². The lowest BCUT2D eigenvalue weighted by Crippen LogP contribution is -2.44. The van der Waals surface area contributed by atoms with E-state index in [1.165, 1.54) is 42.1 Å². The van der Waals surface area contributed by atoms with Gasteiger partial charge in [0.25, 0.3) is 21.8 Å². The second kappa shape index (κ2) is 10.5. The number of halogens is 1. The van der Waals surface area contributed by atoms with Gasteiger partial charge in [0.05, 0.1) is 20.9 Å². The quantitative estimate of drug-likeness (QED) is 0.342. The standard InChI is InChI=1S/C22H20ClN3O4S2/c1-15(31-17-9-3-2-4-10-17)21(27)24-25-22(28)16-8-7-11-18(14-16)32(29,30)26-20-13-6-5-12-19(20)23/h2-15,26H,1H3,(H,24,27)(H,25,28). The molecule has 166 valence electrons. The number of carbonyl (C=O) groups is 2. The highest BCUT2D eigenvalue weighted by molar-refractivity contribution is 8.00. The third-order valence-electron chi connectivity index (χ3n) is 4.25. The fourth-order valence-corrected chi connectivity index (χ4v) is 4.85. The number of hydrogen-bond donors (Lipinski definition) is 3. The van der Waals surface area contributed by atoms with Crippen LogP contribution in [0.2, 0.25) is 5.02 Å². The minimum absolute atomic E-state index is 0.0655. The summed E-state index contributed by atoms with van der Waals surface area (Å²) in [4.78, 5) is 25.5. The fourth-order valence-electron chi connectivity index (χ4n) is 2.60. The molecule has 0 aliphatic rings. The Labute approximate surface area is 195 Å². The number of para-hydroxylation sites is 1. The number of amides is 2. The van der Waals surface area contributed by atoms with E-state index in [4.69, 9.17) is 11.6 Å². The van der Waals surface area contributed by atoms with Crippen LogP contribution >= 0.6 is 23.4 Å². The predicted molar refractivity (Wildman–Crippen MR) is 126 cm³/mol. The van der Waals surface area contributed by atoms with E-state index >= 15 is 0 Å². The monoisotopic (exact) mass is 489 g/mol. The molecule has 0 radical (unpaired) electrons. The molecule has 3 N–H and O–H groups in total. The first kappa shape index (κ1) is 23.6. The molecule has 0 fully saturated rings. The van der Waals surface area contributed by atoms with Crippen molar-refractivity contribution in [2.24, 2.45) is 0 Å². The van der Waals surface area contributed by atoms with E-state index in [1.807, 2.05) is 30.3 Å². The Morgan fingerprint density at radius 2 is 1.59 bits per heavy atom. The van der Waals surface area contributed by atoms with Crippen LogP contribution in [-0.4, -0.2) is 25.5 Å². The molecular weight excluding hydrogens is 470 g/mol. The maximum Gasteiger partial charge on any atom is 0.269 e. The summed E-state index contributed by atoms with van der Waals surface area (Å²) in [5.74, 6) is -1.04. The summed E-state index contributed by atoms with van der Waals surface area (Å²) < 4.78 is 27.8. The third-order valence-corrected chi connectivity index (χ3v) is 7.05. The van der Waals surface area contributed by atoms with Crippen molar-refractivity contribution in [3.05, 3.63) is 89.4 Å². The molecular formula is C22H20ClN3O4S2. The maximum atomic E-state index is 12.7. The average Bonchev–Trinajstić information content (AvgIpc) is 2.79. The van der Waals surface area contributed by atoms with Crippen molar-refractivity contribution >= 4 is 50.9 Å². The van der Waals surface area contributed by atoms with Crippen LogP contribution in [0.3, 0.4) is 0 Å². The van der Waals surface area contributed by atoms with Crippen molar-refractivity contribution in [2.45, 2.75) is 22.0 Å². The SMILES string of the molecule is CC(Sc1ccccc1)C(=O)NNC(=O)c1cccc(S(=O)(=O)Nc2ccccc2Cl)c1. The van der Waals surface area contributed by atoms with E-state index in [-0.39, 0.29) is 21.2 Å². The van der Waals surface area contributed by atoms with Crippen molar-refractivity contribution in [3.63, 3.8) is 0 Å². The molecule has 10 heteroatoms. The molecule has 1 unspecified atom stereocenters. The van der Waals surface area contributed by atoms with E-state index in [0.29, 0.717) is 0 Å². The highest BCUT2D eigenvalue weighted by atomic mass is 35.5. The molecule has 2 amide bonds. The van der Waals surface area contributed by atoms with Gasteiger partial charge in [-0.2, -0.15) is 0 Å². The Morgan fingerprint density at radius 3 is 2.31 bits per heavy atom. The second-order valence-corrected chi connectivity index (χ2v) is 10.1. The second-order valence-electron chi connectivity index (χ2n) is 6.63. The lowest BCUT2D eigenvalue weighted by molar-refractivity contribution is -0.121. The molecule has 0 aliphatic carbocycles. The molecule has 0 saturated carbocycles. The van der Waals surface area contributed by atoms with Crippen LogP contribution < -0.4 is 15.6 Å². The number of carbonyl (C=O) groups excluding carboxylic acids is 2. The zero-order valence-corrected chi connectivity index (χ0v) is 19.3. The van der Waals surface area contributed by atoms with Gasteiger partial charge < -0.3 is 0 Å². The zero-order valence-electron chi connectivity index (χ0n) is 16.9. The normalized spacial score (nSPS) is 11.9. The van der Waals surface area contributed by atoms with Gasteiger partial charge in [-0.15, -0.1) is 11.8 Å². The van der Waals surface area contributed by atoms with E-state index in [9.17, 15) is 18.0 Å². The largest absolute Gasteiger partial charge is 0.278 e. The molecule has 0 heterocycles. The number of sulfonamides is 1. The molecule has 3 aromatic rings. The van der Waals surface area contributed by atoms with E-state index in [1.54, 1.807) is 25.1 Å². The summed E-state index contributed by atoms with van der Waals surface area (Å²) in [5, 5.41) is -0.209. The van der Waals surface area contributed by atoms with Crippen LogP contribution in [0.5, 0.6) is 0 Å². The Bertz CT molecular complexity index is 1220. The molecule has 3 rings (SSSR count). The first-order valence-electron chi connectivity index (χ1n) is 9.45. The van der Waals surface area contributed by atoms with Gasteiger partial charge in [-0.25, -0.2) is 8.42 Å². The van der Waals surface area contributed by atoms with Gasteiger partial charge in [0.15, 0.2) is 0 Å². The summed E-state index contributed by atoms with van der Waals surface area (Å²) in [6, 6.07) is 21.3. The van der Waals surface area contributed by atoms with Crippen molar-refractivity contribution in [3.8, 4) is 0 Å². The number of rotatable bonds is 7. The van der Waals surface area contributed by atoms with Crippen molar-refractivity contribution in [1.29, 1.82) is 0 Å². The van der Waals surface area contributed by atoms with E-state index in [2.05, 4.69) is 15.6 Å². The van der Waals surface area contributed by atoms with Crippen LogP contribution in [0.25, 0.3) is 0 Å². The smallest absolute Gasteiger partial charge is 0.269 e. The summed E-state index contributed by atoms with van der Waals surface area (Å²) in [6.07, 6.45) is 0. The van der Waals surface area contributed by atoms with Crippen molar-refractivity contribution in [2.75, 3.05) is 4.72 Å². The van der Waals surface area contributed by atoms with Gasteiger partial charge >= 0.3 is 0 Å². The minimum Gasteiger partial charge on any atom is -0.278 e. The van der Waals surface area contributed by atoms with Crippen LogP contribution in [0.1, 0.15) is 17.3 Å². The highest BCUT2D eigenvalue weighted by Gasteiger charge is 2.19. The first-order valence-corrected chi connectivity index (χ1v) is 12.2. The maximum absolute atomic E-state index is 12.7. The van der Waals surface area contributed by atoms with E-state index < -0.39 is 27.1 Å². The summed E-state index contributed by atoms with van der Waals surface area (Å²) in [5.41, 5.74) is 4.97. The molecule has 0 spiro atoms. The summed E-state index contributed by atoms with van der Waals surface area (Å²) in [6.45, 7) is 1.72. The van der Waals surface area contributed by atoms with Crippen LogP contribution in [0, 0.1) is 0 Å². The number of thioether (sulfide) groups is 1. The molecule has 0 aliphatic heterocycles. The predicted octanol–water partition coefficient (Wildman–Crippen LogP) is 4.08.